The maximum atomic E-state index is 10.2. The molecule has 0 saturated carbocycles. The predicted molar refractivity (Wildman–Crippen MR) is 59.0 cm³/mol. The highest BCUT2D eigenvalue weighted by Crippen LogP contribution is 2.16. The van der Waals surface area contributed by atoms with Crippen molar-refractivity contribution in [1.29, 1.82) is 0 Å². The zero-order valence-electron chi connectivity index (χ0n) is 8.29. The summed E-state index contributed by atoms with van der Waals surface area (Å²) < 4.78 is 9.54. The third-order valence-corrected chi connectivity index (χ3v) is 2.17. The van der Waals surface area contributed by atoms with E-state index in [0.29, 0.717) is 4.47 Å². The van der Waals surface area contributed by atoms with Gasteiger partial charge < -0.3 is 19.0 Å². The molecule has 2 N–H and O–H groups in total. The Kier molecular flexibility index (Phi) is 4.53. The number of hydrogen-bond acceptors (Lipinski definition) is 4. The third kappa shape index (κ3) is 3.80. The average molecular weight is 303 g/mol. The van der Waals surface area contributed by atoms with Gasteiger partial charge >= 0.3 is 11.9 Å². The zero-order valence-corrected chi connectivity index (χ0v) is 9.88. The van der Waals surface area contributed by atoms with Gasteiger partial charge in [-0.05, 0) is 34.1 Å². The molecule has 0 unspecified atom stereocenters. The SMILES string of the molecule is O=C(O)c1ccco1.O=C(O)c1occc1Br. The molecule has 2 heterocycles. The maximum Gasteiger partial charge on any atom is 0.372 e. The normalized spacial score (nSPS) is 9.24. The Bertz CT molecular complexity index is 499. The molecular formula is C10H7BrO6. The van der Waals surface area contributed by atoms with Crippen molar-refractivity contribution < 1.29 is 28.6 Å². The minimum atomic E-state index is -1.06. The first kappa shape index (κ1) is 13.0. The smallest absolute Gasteiger partial charge is 0.372 e. The highest BCUT2D eigenvalue weighted by molar-refractivity contribution is 9.10. The van der Waals surface area contributed by atoms with E-state index < -0.39 is 11.9 Å². The van der Waals surface area contributed by atoms with Crippen LogP contribution in [0.5, 0.6) is 0 Å². The van der Waals surface area contributed by atoms with Gasteiger partial charge in [-0.1, -0.05) is 0 Å². The largest absolute Gasteiger partial charge is 0.475 e. The van der Waals surface area contributed by atoms with Crippen LogP contribution in [-0.2, 0) is 0 Å². The molecule has 90 valence electrons. The highest BCUT2D eigenvalue weighted by Gasteiger charge is 2.10. The molecule has 0 atom stereocenters. The fourth-order valence-electron chi connectivity index (χ4n) is 0.847. The van der Waals surface area contributed by atoms with Crippen molar-refractivity contribution >= 4 is 27.9 Å². The lowest BCUT2D eigenvalue weighted by atomic mass is 10.5. The van der Waals surface area contributed by atoms with Gasteiger partial charge in [0.25, 0.3) is 0 Å². The molecular weight excluding hydrogens is 296 g/mol. The van der Waals surface area contributed by atoms with E-state index in [1.807, 2.05) is 0 Å². The summed E-state index contributed by atoms with van der Waals surface area (Å²) in [5.41, 5.74) is 0. The number of hydrogen-bond donors (Lipinski definition) is 2. The molecule has 2 rings (SSSR count). The maximum absolute atomic E-state index is 10.2. The van der Waals surface area contributed by atoms with Crippen molar-refractivity contribution in [1.82, 2.24) is 0 Å². The second-order valence-corrected chi connectivity index (χ2v) is 3.54. The standard InChI is InChI=1S/C5H3BrO3.C5H4O3/c6-3-1-2-9-4(3)5(7)8;6-5(7)4-2-1-3-8-4/h1-2H,(H,7,8);1-3H,(H,6,7). The summed E-state index contributed by atoms with van der Waals surface area (Å²) in [6.45, 7) is 0. The number of rotatable bonds is 2. The van der Waals surface area contributed by atoms with Crippen LogP contribution in [0.2, 0.25) is 0 Å². The highest BCUT2D eigenvalue weighted by atomic mass is 79.9. The van der Waals surface area contributed by atoms with E-state index in [2.05, 4.69) is 24.8 Å². The number of carbonyl (C=O) groups is 2. The quantitative estimate of drug-likeness (QED) is 0.884. The van der Waals surface area contributed by atoms with Crippen molar-refractivity contribution in [3.8, 4) is 0 Å². The van der Waals surface area contributed by atoms with Crippen LogP contribution in [0.25, 0.3) is 0 Å². The van der Waals surface area contributed by atoms with Gasteiger partial charge in [0.05, 0.1) is 17.0 Å². The number of halogens is 1. The molecule has 6 nitrogen and oxygen atoms in total. The number of furan rings is 2. The van der Waals surface area contributed by atoms with E-state index in [4.69, 9.17) is 10.2 Å². The number of carboxylic acid groups (broad SMARTS) is 2. The van der Waals surface area contributed by atoms with Gasteiger partial charge in [-0.2, -0.15) is 0 Å². The van der Waals surface area contributed by atoms with Crippen molar-refractivity contribution in [2.45, 2.75) is 0 Å². The van der Waals surface area contributed by atoms with Crippen LogP contribution < -0.4 is 0 Å². The summed E-state index contributed by atoms with van der Waals surface area (Å²) in [5, 5.41) is 16.5. The lowest BCUT2D eigenvalue weighted by Gasteiger charge is -1.83. The summed E-state index contributed by atoms with van der Waals surface area (Å²) in [7, 11) is 0. The van der Waals surface area contributed by atoms with Gasteiger partial charge in [0.1, 0.15) is 0 Å². The van der Waals surface area contributed by atoms with Crippen LogP contribution in [0.4, 0.5) is 0 Å². The lowest BCUT2D eigenvalue weighted by Crippen LogP contribution is -1.92. The second-order valence-electron chi connectivity index (χ2n) is 2.69. The van der Waals surface area contributed by atoms with Crippen LogP contribution in [-0.4, -0.2) is 22.2 Å². The molecule has 0 amide bonds. The van der Waals surface area contributed by atoms with Gasteiger partial charge in [0, 0.05) is 0 Å². The Morgan fingerprint density at radius 1 is 1.06 bits per heavy atom. The molecule has 0 aliphatic heterocycles. The van der Waals surface area contributed by atoms with Crippen LogP contribution >= 0.6 is 15.9 Å². The van der Waals surface area contributed by atoms with Crippen molar-refractivity contribution in [3.05, 3.63) is 46.7 Å². The van der Waals surface area contributed by atoms with Crippen LogP contribution in [0.3, 0.4) is 0 Å². The molecule has 7 heteroatoms. The molecule has 17 heavy (non-hydrogen) atoms. The number of carboxylic acids is 2. The Balaban J connectivity index is 0.000000171. The lowest BCUT2D eigenvalue weighted by molar-refractivity contribution is 0.0652. The molecule has 0 fully saturated rings. The van der Waals surface area contributed by atoms with Gasteiger partial charge in [-0.3, -0.25) is 0 Å². The Labute approximate surface area is 104 Å². The van der Waals surface area contributed by atoms with E-state index in [0.717, 1.165) is 0 Å². The summed E-state index contributed by atoms with van der Waals surface area (Å²) in [5.74, 6) is -2.18. The molecule has 0 spiro atoms. The molecule has 0 aliphatic carbocycles. The van der Waals surface area contributed by atoms with Crippen molar-refractivity contribution in [3.63, 3.8) is 0 Å². The molecule has 0 aliphatic rings. The summed E-state index contributed by atoms with van der Waals surface area (Å²) in [6.07, 6.45) is 2.64. The Morgan fingerprint density at radius 2 is 1.76 bits per heavy atom. The number of aromatic carboxylic acids is 2. The van der Waals surface area contributed by atoms with Crippen LogP contribution in [0, 0.1) is 0 Å². The minimum Gasteiger partial charge on any atom is -0.475 e. The fraction of sp³-hybridized carbons (Fsp3) is 0. The average Bonchev–Trinajstić information content (AvgIpc) is 2.87. The molecule has 0 saturated heterocycles. The van der Waals surface area contributed by atoms with Crippen LogP contribution in [0.1, 0.15) is 21.1 Å². The first-order chi connectivity index (χ1) is 8.02. The summed E-state index contributed by atoms with van der Waals surface area (Å²) >= 11 is 2.99. The molecule has 2 aromatic rings. The second kappa shape index (κ2) is 5.90. The Morgan fingerprint density at radius 3 is 2.00 bits per heavy atom. The molecule has 0 bridgehead atoms. The van der Waals surface area contributed by atoms with Gasteiger partial charge in [-0.25, -0.2) is 9.59 Å². The van der Waals surface area contributed by atoms with E-state index in [1.54, 1.807) is 0 Å². The minimum absolute atomic E-state index is 0.0231. The zero-order chi connectivity index (χ0) is 12.8. The molecule has 2 aromatic heterocycles. The fourth-order valence-corrected chi connectivity index (χ4v) is 1.22. The van der Waals surface area contributed by atoms with Crippen molar-refractivity contribution in [2.24, 2.45) is 0 Å². The van der Waals surface area contributed by atoms with E-state index in [1.165, 1.54) is 30.7 Å². The van der Waals surface area contributed by atoms with E-state index in [9.17, 15) is 9.59 Å². The third-order valence-electron chi connectivity index (χ3n) is 1.54. The molecule has 0 aromatic carbocycles. The van der Waals surface area contributed by atoms with E-state index >= 15 is 0 Å². The van der Waals surface area contributed by atoms with Gasteiger partial charge in [0.2, 0.25) is 11.5 Å². The van der Waals surface area contributed by atoms with Gasteiger partial charge in [-0.15, -0.1) is 0 Å². The first-order valence-electron chi connectivity index (χ1n) is 4.25. The first-order valence-corrected chi connectivity index (χ1v) is 5.04. The summed E-state index contributed by atoms with van der Waals surface area (Å²) in [4.78, 5) is 20.1. The summed E-state index contributed by atoms with van der Waals surface area (Å²) in [6, 6.07) is 4.45. The topological polar surface area (TPSA) is 101 Å². The monoisotopic (exact) mass is 302 g/mol. The van der Waals surface area contributed by atoms with Crippen molar-refractivity contribution in [2.75, 3.05) is 0 Å². The Hall–Kier alpha value is -2.02. The van der Waals surface area contributed by atoms with Crippen LogP contribution in [0.15, 0.2) is 44.0 Å². The van der Waals surface area contributed by atoms with Gasteiger partial charge in [0.15, 0.2) is 0 Å². The predicted octanol–water partition coefficient (Wildman–Crippen LogP) is 2.72. The van der Waals surface area contributed by atoms with E-state index in [-0.39, 0.29) is 11.5 Å². The molecule has 0 radical (unpaired) electrons.